The molecule has 0 bridgehead atoms. The minimum absolute atomic E-state index is 0.882. The van der Waals surface area contributed by atoms with E-state index in [0.717, 1.165) is 100 Å². The topological polar surface area (TPSA) is 32.8 Å². The Bertz CT molecular complexity index is 3040. The van der Waals surface area contributed by atoms with Gasteiger partial charge in [0.2, 0.25) is 0 Å². The van der Waals surface area contributed by atoms with Crippen LogP contribution in [0.5, 0.6) is 0 Å². The third-order valence-electron chi connectivity index (χ3n) is 11.0. The van der Waals surface area contributed by atoms with Gasteiger partial charge in [0.1, 0.15) is 22.3 Å². The average molecular weight is 745 g/mol. The summed E-state index contributed by atoms with van der Waals surface area (Å²) in [7, 11) is 0. The predicted molar refractivity (Wildman–Crippen MR) is 241 cm³/mol. The molecular formula is C54H36N2O2. The van der Waals surface area contributed by atoms with Gasteiger partial charge in [-0.05, 0) is 125 Å². The number of benzene rings is 9. The van der Waals surface area contributed by atoms with Crippen LogP contribution in [0.25, 0.3) is 66.1 Å². The molecule has 9 aromatic carbocycles. The van der Waals surface area contributed by atoms with Gasteiger partial charge in [-0.2, -0.15) is 0 Å². The third-order valence-corrected chi connectivity index (χ3v) is 11.0. The van der Waals surface area contributed by atoms with Gasteiger partial charge in [-0.1, -0.05) is 115 Å². The molecule has 4 nitrogen and oxygen atoms in total. The molecule has 0 spiro atoms. The number of furan rings is 2. The number of para-hydroxylation sites is 4. The van der Waals surface area contributed by atoms with Crippen molar-refractivity contribution in [2.24, 2.45) is 0 Å². The van der Waals surface area contributed by atoms with Gasteiger partial charge in [0.15, 0.2) is 0 Å². The second kappa shape index (κ2) is 14.0. The maximum absolute atomic E-state index is 6.19. The summed E-state index contributed by atoms with van der Waals surface area (Å²) < 4.78 is 12.4. The van der Waals surface area contributed by atoms with Crippen molar-refractivity contribution in [1.82, 2.24) is 0 Å². The molecule has 0 atom stereocenters. The predicted octanol–water partition coefficient (Wildman–Crippen LogP) is 15.8. The van der Waals surface area contributed by atoms with Gasteiger partial charge in [-0.3, -0.25) is 0 Å². The second-order valence-electron chi connectivity index (χ2n) is 14.6. The molecule has 0 saturated carbocycles. The maximum atomic E-state index is 6.19. The fourth-order valence-corrected chi connectivity index (χ4v) is 8.28. The number of hydrogen-bond acceptors (Lipinski definition) is 4. The molecule has 0 saturated heterocycles. The smallest absolute Gasteiger partial charge is 0.135 e. The van der Waals surface area contributed by atoms with Crippen LogP contribution in [0.2, 0.25) is 0 Å². The van der Waals surface area contributed by atoms with Crippen molar-refractivity contribution in [2.45, 2.75) is 0 Å². The highest BCUT2D eigenvalue weighted by Gasteiger charge is 2.18. The first-order valence-corrected chi connectivity index (χ1v) is 19.6. The zero-order chi connectivity index (χ0) is 38.4. The lowest BCUT2D eigenvalue weighted by Gasteiger charge is -2.26. The molecule has 0 fully saturated rings. The number of nitrogens with zero attached hydrogens (tertiary/aromatic N) is 2. The Balaban J connectivity index is 0.975. The van der Waals surface area contributed by atoms with Crippen molar-refractivity contribution in [3.05, 3.63) is 218 Å². The minimum Gasteiger partial charge on any atom is -0.456 e. The van der Waals surface area contributed by atoms with E-state index in [-0.39, 0.29) is 0 Å². The van der Waals surface area contributed by atoms with E-state index in [1.165, 1.54) is 0 Å². The molecule has 0 aliphatic rings. The van der Waals surface area contributed by atoms with Crippen molar-refractivity contribution in [3.8, 4) is 22.3 Å². The van der Waals surface area contributed by atoms with Gasteiger partial charge < -0.3 is 18.6 Å². The van der Waals surface area contributed by atoms with Crippen LogP contribution < -0.4 is 9.80 Å². The lowest BCUT2D eigenvalue weighted by Crippen LogP contribution is -2.09. The molecule has 2 aromatic heterocycles. The van der Waals surface area contributed by atoms with Gasteiger partial charge in [0.05, 0.1) is 0 Å². The lowest BCUT2D eigenvalue weighted by molar-refractivity contribution is 0.668. The molecule has 11 aromatic rings. The van der Waals surface area contributed by atoms with Gasteiger partial charge in [0.25, 0.3) is 0 Å². The van der Waals surface area contributed by atoms with Crippen LogP contribution in [0.1, 0.15) is 0 Å². The van der Waals surface area contributed by atoms with E-state index in [1.54, 1.807) is 0 Å². The Hall–Kier alpha value is -7.82. The molecule has 0 N–H and O–H groups in total. The minimum atomic E-state index is 0.882. The Morgan fingerprint density at radius 3 is 1.03 bits per heavy atom. The van der Waals surface area contributed by atoms with Crippen molar-refractivity contribution < 1.29 is 8.83 Å². The summed E-state index contributed by atoms with van der Waals surface area (Å²) >= 11 is 0. The summed E-state index contributed by atoms with van der Waals surface area (Å²) in [5.74, 6) is 0. The van der Waals surface area contributed by atoms with Gasteiger partial charge in [-0.15, -0.1) is 0 Å². The van der Waals surface area contributed by atoms with Crippen LogP contribution in [0.4, 0.5) is 34.1 Å². The van der Waals surface area contributed by atoms with Crippen LogP contribution in [0.15, 0.2) is 227 Å². The summed E-state index contributed by atoms with van der Waals surface area (Å²) in [5, 5.41) is 4.42. The first kappa shape index (κ1) is 33.5. The number of anilines is 6. The fourth-order valence-electron chi connectivity index (χ4n) is 8.28. The highest BCUT2D eigenvalue weighted by atomic mass is 16.3. The molecule has 0 amide bonds. The number of hydrogen-bond donors (Lipinski definition) is 0. The van der Waals surface area contributed by atoms with E-state index in [0.29, 0.717) is 0 Å². The Morgan fingerprint density at radius 1 is 0.224 bits per heavy atom. The molecule has 58 heavy (non-hydrogen) atoms. The molecule has 0 aliphatic heterocycles. The van der Waals surface area contributed by atoms with Crippen molar-refractivity contribution in [3.63, 3.8) is 0 Å². The number of fused-ring (bicyclic) bond motifs is 6. The fraction of sp³-hybridized carbons (Fsp3) is 0. The van der Waals surface area contributed by atoms with E-state index in [4.69, 9.17) is 8.83 Å². The largest absolute Gasteiger partial charge is 0.456 e. The van der Waals surface area contributed by atoms with Crippen LogP contribution in [-0.2, 0) is 0 Å². The third kappa shape index (κ3) is 5.96. The van der Waals surface area contributed by atoms with E-state index in [2.05, 4.69) is 204 Å². The maximum Gasteiger partial charge on any atom is 0.135 e. The van der Waals surface area contributed by atoms with Crippen molar-refractivity contribution in [2.75, 3.05) is 9.80 Å². The van der Waals surface area contributed by atoms with Crippen LogP contribution in [0.3, 0.4) is 0 Å². The SMILES string of the molecule is c1ccc(N(c2cccc(-c3cccc(-c4cccc(N(c5ccccc5)c5ccc6oc7ccccc7c6c5)c4)c3)c2)c2ccc3oc4ccccc4c3c2)cc1. The normalized spacial score (nSPS) is 11.4. The van der Waals surface area contributed by atoms with Gasteiger partial charge >= 0.3 is 0 Å². The Morgan fingerprint density at radius 2 is 0.569 bits per heavy atom. The number of rotatable bonds is 8. The Labute approximate surface area is 336 Å². The summed E-state index contributed by atoms with van der Waals surface area (Å²) in [6, 6.07) is 77.0. The molecular weight excluding hydrogens is 709 g/mol. The van der Waals surface area contributed by atoms with E-state index >= 15 is 0 Å². The van der Waals surface area contributed by atoms with E-state index in [9.17, 15) is 0 Å². The van der Waals surface area contributed by atoms with Gasteiger partial charge in [-0.25, -0.2) is 0 Å². The molecule has 11 rings (SSSR count). The van der Waals surface area contributed by atoms with Gasteiger partial charge in [0, 0.05) is 55.7 Å². The standard InChI is InChI=1S/C54H36N2O2/c1-3-18-41(19-4-1)55(45-28-30-53-49(35-45)47-24-7-9-26-51(47)57-53)43-22-12-16-39(33-43)37-14-11-15-38(32-37)40-17-13-23-44(34-40)56(42-20-5-2-6-21-42)46-29-31-54-50(36-46)48-25-8-10-27-52(48)58-54/h1-36H. The van der Waals surface area contributed by atoms with E-state index in [1.807, 2.05) is 24.3 Å². The zero-order valence-electron chi connectivity index (χ0n) is 31.5. The van der Waals surface area contributed by atoms with E-state index < -0.39 is 0 Å². The van der Waals surface area contributed by atoms with Crippen LogP contribution >= 0.6 is 0 Å². The summed E-state index contributed by atoms with van der Waals surface area (Å²) in [5.41, 5.74) is 14.6. The highest BCUT2D eigenvalue weighted by Crippen LogP contribution is 2.42. The van der Waals surface area contributed by atoms with Crippen molar-refractivity contribution in [1.29, 1.82) is 0 Å². The average Bonchev–Trinajstić information content (AvgIpc) is 3.86. The second-order valence-corrected chi connectivity index (χ2v) is 14.6. The molecule has 274 valence electrons. The molecule has 0 radical (unpaired) electrons. The molecule has 0 unspecified atom stereocenters. The molecule has 4 heteroatoms. The molecule has 0 aliphatic carbocycles. The highest BCUT2D eigenvalue weighted by molar-refractivity contribution is 6.07. The van der Waals surface area contributed by atoms with Crippen LogP contribution in [0, 0.1) is 0 Å². The quantitative estimate of drug-likeness (QED) is 0.155. The first-order valence-electron chi connectivity index (χ1n) is 19.6. The zero-order valence-corrected chi connectivity index (χ0v) is 31.5. The van der Waals surface area contributed by atoms with Crippen molar-refractivity contribution >= 4 is 78.0 Å². The Kier molecular flexibility index (Phi) is 8.11. The summed E-state index contributed by atoms with van der Waals surface area (Å²) in [6.45, 7) is 0. The first-order chi connectivity index (χ1) is 28.7. The lowest BCUT2D eigenvalue weighted by atomic mass is 9.98. The monoisotopic (exact) mass is 744 g/mol. The summed E-state index contributed by atoms with van der Waals surface area (Å²) in [4.78, 5) is 4.64. The summed E-state index contributed by atoms with van der Waals surface area (Å²) in [6.07, 6.45) is 0. The molecule has 2 heterocycles. The van der Waals surface area contributed by atoms with Crippen LogP contribution in [-0.4, -0.2) is 0 Å².